The van der Waals surface area contributed by atoms with E-state index in [1.54, 1.807) is 25.3 Å². The zero-order valence-electron chi connectivity index (χ0n) is 13.8. The number of nitrogens with one attached hydrogen (secondary N) is 2. The molecule has 2 aromatic rings. The molecular formula is C19H23FN2O2. The van der Waals surface area contributed by atoms with E-state index in [9.17, 15) is 9.18 Å². The summed E-state index contributed by atoms with van der Waals surface area (Å²) in [5, 5.41) is 6.03. The van der Waals surface area contributed by atoms with Crippen LogP contribution in [0.3, 0.4) is 0 Å². The summed E-state index contributed by atoms with van der Waals surface area (Å²) in [6.07, 6.45) is 0.874. The van der Waals surface area contributed by atoms with Crippen molar-refractivity contribution in [2.24, 2.45) is 0 Å². The molecule has 0 aliphatic rings. The predicted octanol–water partition coefficient (Wildman–Crippen LogP) is 2.67. The third kappa shape index (κ3) is 5.66. The molecule has 0 atom stereocenters. The predicted molar refractivity (Wildman–Crippen MR) is 92.4 cm³/mol. The van der Waals surface area contributed by atoms with E-state index in [2.05, 4.69) is 10.6 Å². The van der Waals surface area contributed by atoms with Gasteiger partial charge in [0, 0.05) is 31.6 Å². The first-order valence-electron chi connectivity index (χ1n) is 8.03. The molecule has 1 amide bonds. The second-order valence-corrected chi connectivity index (χ2v) is 5.43. The topological polar surface area (TPSA) is 50.4 Å². The van der Waals surface area contributed by atoms with Crippen molar-refractivity contribution in [2.45, 2.75) is 19.4 Å². The van der Waals surface area contributed by atoms with E-state index in [0.717, 1.165) is 11.3 Å². The van der Waals surface area contributed by atoms with Gasteiger partial charge in [-0.2, -0.15) is 0 Å². The van der Waals surface area contributed by atoms with Crippen LogP contribution in [-0.4, -0.2) is 26.1 Å². The molecular weight excluding hydrogens is 307 g/mol. The van der Waals surface area contributed by atoms with Crippen LogP contribution in [0.1, 0.15) is 17.5 Å². The third-order valence-corrected chi connectivity index (χ3v) is 3.71. The fraction of sp³-hybridized carbons (Fsp3) is 0.316. The summed E-state index contributed by atoms with van der Waals surface area (Å²) in [5.41, 5.74) is 1.67. The molecule has 2 aromatic carbocycles. The molecule has 0 aliphatic carbocycles. The van der Waals surface area contributed by atoms with E-state index in [4.69, 9.17) is 4.74 Å². The highest BCUT2D eigenvalue weighted by Gasteiger charge is 2.04. The maximum Gasteiger partial charge on any atom is 0.221 e. The summed E-state index contributed by atoms with van der Waals surface area (Å²) in [6, 6.07) is 14.4. The van der Waals surface area contributed by atoms with Crippen LogP contribution in [0.2, 0.25) is 0 Å². The smallest absolute Gasteiger partial charge is 0.221 e. The number of hydrogen-bond donors (Lipinski definition) is 2. The van der Waals surface area contributed by atoms with Gasteiger partial charge in [0.05, 0.1) is 7.11 Å². The molecule has 0 bridgehead atoms. The number of benzene rings is 2. The lowest BCUT2D eigenvalue weighted by atomic mass is 10.1. The summed E-state index contributed by atoms with van der Waals surface area (Å²) in [5.74, 6) is 0.559. The average molecular weight is 330 g/mol. The van der Waals surface area contributed by atoms with Crippen LogP contribution >= 0.6 is 0 Å². The van der Waals surface area contributed by atoms with Gasteiger partial charge in [0.1, 0.15) is 11.6 Å². The Morgan fingerprint density at radius 2 is 1.75 bits per heavy atom. The lowest BCUT2D eigenvalue weighted by Gasteiger charge is -2.10. The minimum Gasteiger partial charge on any atom is -0.496 e. The summed E-state index contributed by atoms with van der Waals surface area (Å²) in [4.78, 5) is 11.8. The highest BCUT2D eigenvalue weighted by atomic mass is 19.1. The molecule has 0 spiro atoms. The fourth-order valence-electron chi connectivity index (χ4n) is 2.40. The molecule has 0 saturated heterocycles. The van der Waals surface area contributed by atoms with Crippen molar-refractivity contribution < 1.29 is 13.9 Å². The zero-order valence-corrected chi connectivity index (χ0v) is 13.8. The number of rotatable bonds is 9. The third-order valence-electron chi connectivity index (χ3n) is 3.71. The normalized spacial score (nSPS) is 10.4. The number of para-hydroxylation sites is 1. The molecule has 2 rings (SSSR count). The van der Waals surface area contributed by atoms with Crippen molar-refractivity contribution in [3.05, 3.63) is 65.5 Å². The van der Waals surface area contributed by atoms with Crippen LogP contribution in [0.5, 0.6) is 5.75 Å². The van der Waals surface area contributed by atoms with Gasteiger partial charge >= 0.3 is 0 Å². The van der Waals surface area contributed by atoms with Gasteiger partial charge in [-0.25, -0.2) is 4.39 Å². The Hall–Kier alpha value is -2.40. The van der Waals surface area contributed by atoms with Crippen LogP contribution in [0.25, 0.3) is 0 Å². The Labute approximate surface area is 142 Å². The number of hydrogen-bond acceptors (Lipinski definition) is 3. The van der Waals surface area contributed by atoms with Gasteiger partial charge in [0.25, 0.3) is 0 Å². The lowest BCUT2D eigenvalue weighted by molar-refractivity contribution is -0.120. The Balaban J connectivity index is 1.62. The van der Waals surface area contributed by atoms with Gasteiger partial charge in [0.2, 0.25) is 5.91 Å². The number of amides is 1. The van der Waals surface area contributed by atoms with E-state index in [0.29, 0.717) is 38.0 Å². The van der Waals surface area contributed by atoms with Crippen LogP contribution in [-0.2, 0) is 17.8 Å². The molecule has 4 nitrogen and oxygen atoms in total. The number of methoxy groups -OCH3 is 1. The molecule has 0 fully saturated rings. The highest BCUT2D eigenvalue weighted by molar-refractivity contribution is 5.76. The molecule has 0 aromatic heterocycles. The minimum absolute atomic E-state index is 0.0427. The first kappa shape index (κ1) is 17.9. The van der Waals surface area contributed by atoms with Gasteiger partial charge in [-0.1, -0.05) is 36.4 Å². The van der Waals surface area contributed by atoms with Crippen LogP contribution in [0.4, 0.5) is 4.39 Å². The maximum atomic E-state index is 13.5. The van der Waals surface area contributed by atoms with Gasteiger partial charge < -0.3 is 15.4 Å². The summed E-state index contributed by atoms with van der Waals surface area (Å²) in [7, 11) is 1.64. The van der Waals surface area contributed by atoms with E-state index >= 15 is 0 Å². The number of carbonyl (C=O) groups excluding carboxylic acids is 1. The summed E-state index contributed by atoms with van der Waals surface area (Å²) >= 11 is 0. The molecule has 0 aliphatic heterocycles. The van der Waals surface area contributed by atoms with E-state index in [-0.39, 0.29) is 11.7 Å². The van der Waals surface area contributed by atoms with Crippen LogP contribution < -0.4 is 15.4 Å². The number of halogens is 1. The SMILES string of the molecule is COc1ccccc1CNCCC(=O)NCCc1ccccc1F. The van der Waals surface area contributed by atoms with Crippen molar-refractivity contribution in [3.8, 4) is 5.75 Å². The molecule has 24 heavy (non-hydrogen) atoms. The van der Waals surface area contributed by atoms with E-state index in [1.165, 1.54) is 6.07 Å². The molecule has 0 radical (unpaired) electrons. The minimum atomic E-state index is -0.231. The van der Waals surface area contributed by atoms with Crippen molar-refractivity contribution >= 4 is 5.91 Å². The molecule has 2 N–H and O–H groups in total. The average Bonchev–Trinajstić information content (AvgIpc) is 2.60. The van der Waals surface area contributed by atoms with Gasteiger partial charge in [-0.05, 0) is 24.1 Å². The molecule has 0 unspecified atom stereocenters. The first-order valence-corrected chi connectivity index (χ1v) is 8.03. The monoisotopic (exact) mass is 330 g/mol. The summed E-state index contributed by atoms with van der Waals surface area (Å²) < 4.78 is 18.7. The molecule has 5 heteroatoms. The van der Waals surface area contributed by atoms with Gasteiger partial charge in [-0.3, -0.25) is 4.79 Å². The van der Waals surface area contributed by atoms with Crippen molar-refractivity contribution in [1.82, 2.24) is 10.6 Å². The molecule has 128 valence electrons. The Morgan fingerprint density at radius 1 is 1.04 bits per heavy atom. The van der Waals surface area contributed by atoms with Crippen molar-refractivity contribution in [1.29, 1.82) is 0 Å². The van der Waals surface area contributed by atoms with Gasteiger partial charge in [-0.15, -0.1) is 0 Å². The fourth-order valence-corrected chi connectivity index (χ4v) is 2.40. The van der Waals surface area contributed by atoms with E-state index < -0.39 is 0 Å². The zero-order chi connectivity index (χ0) is 17.2. The number of carbonyl (C=O) groups is 1. The lowest BCUT2D eigenvalue weighted by Crippen LogP contribution is -2.29. The Kier molecular flexibility index (Phi) is 7.23. The first-order chi connectivity index (χ1) is 11.7. The van der Waals surface area contributed by atoms with Crippen LogP contribution in [0.15, 0.2) is 48.5 Å². The second kappa shape index (κ2) is 9.67. The Bertz CT molecular complexity index is 661. The van der Waals surface area contributed by atoms with Crippen LogP contribution in [0, 0.1) is 5.82 Å². The highest BCUT2D eigenvalue weighted by Crippen LogP contribution is 2.16. The molecule has 0 saturated carbocycles. The van der Waals surface area contributed by atoms with Crippen molar-refractivity contribution in [2.75, 3.05) is 20.2 Å². The van der Waals surface area contributed by atoms with Gasteiger partial charge in [0.15, 0.2) is 0 Å². The van der Waals surface area contributed by atoms with Crippen molar-refractivity contribution in [3.63, 3.8) is 0 Å². The quantitative estimate of drug-likeness (QED) is 0.695. The second-order valence-electron chi connectivity index (χ2n) is 5.43. The Morgan fingerprint density at radius 3 is 2.50 bits per heavy atom. The maximum absolute atomic E-state index is 13.5. The number of ether oxygens (including phenoxy) is 1. The molecule has 0 heterocycles. The van der Waals surface area contributed by atoms with E-state index in [1.807, 2.05) is 24.3 Å². The largest absolute Gasteiger partial charge is 0.496 e. The summed E-state index contributed by atoms with van der Waals surface area (Å²) in [6.45, 7) is 1.66. The standard InChI is InChI=1S/C19H23FN2O2/c1-24-18-9-5-3-7-16(18)14-21-12-11-19(23)22-13-10-15-6-2-4-8-17(15)20/h2-9,21H,10-14H2,1H3,(H,22,23).